The first-order chi connectivity index (χ1) is 10.1. The van der Waals surface area contributed by atoms with Crippen LogP contribution in [0.15, 0.2) is 41.8 Å². The lowest BCUT2D eigenvalue weighted by Crippen LogP contribution is -2.07. The molecule has 0 bridgehead atoms. The van der Waals surface area contributed by atoms with Gasteiger partial charge in [-0.1, -0.05) is 18.2 Å². The second-order valence-corrected chi connectivity index (χ2v) is 5.02. The van der Waals surface area contributed by atoms with E-state index in [1.165, 1.54) is 28.3 Å². The van der Waals surface area contributed by atoms with Gasteiger partial charge in [-0.25, -0.2) is 9.18 Å². The molecule has 0 saturated carbocycles. The molecule has 106 valence electrons. The highest BCUT2D eigenvalue weighted by Crippen LogP contribution is 2.22. The number of nitrogens with zero attached hydrogens (tertiary/aromatic N) is 3. The maximum atomic E-state index is 13.7. The van der Waals surface area contributed by atoms with Crippen molar-refractivity contribution in [1.29, 1.82) is 0 Å². The average molecular weight is 303 g/mol. The zero-order valence-corrected chi connectivity index (χ0v) is 11.5. The smallest absolute Gasteiger partial charge is 0.356 e. The van der Waals surface area contributed by atoms with Crippen molar-refractivity contribution in [3.63, 3.8) is 0 Å². The molecular formula is C14H10FN3O2S. The third kappa shape index (κ3) is 2.68. The number of aromatic carboxylic acids is 1. The highest BCUT2D eigenvalue weighted by molar-refractivity contribution is 7.03. The maximum Gasteiger partial charge on any atom is 0.356 e. The molecule has 0 fully saturated rings. The zero-order chi connectivity index (χ0) is 14.8. The molecule has 3 rings (SSSR count). The second-order valence-electron chi connectivity index (χ2n) is 4.35. The van der Waals surface area contributed by atoms with Crippen LogP contribution < -0.4 is 0 Å². The molecule has 0 atom stereocenters. The number of hydrogen-bond acceptors (Lipinski definition) is 4. The SMILES string of the molecule is O=C(O)c1cc(-c2ccsn2)n(Cc2ccccc2F)n1. The van der Waals surface area contributed by atoms with Gasteiger partial charge in [0.1, 0.15) is 11.5 Å². The molecule has 0 saturated heterocycles. The molecule has 0 aliphatic rings. The van der Waals surface area contributed by atoms with Crippen LogP contribution in [0.2, 0.25) is 0 Å². The van der Waals surface area contributed by atoms with Gasteiger partial charge < -0.3 is 5.11 Å². The predicted octanol–water partition coefficient (Wildman–Crippen LogP) is 2.89. The van der Waals surface area contributed by atoms with Gasteiger partial charge in [-0.3, -0.25) is 4.68 Å². The van der Waals surface area contributed by atoms with E-state index in [0.717, 1.165) is 0 Å². The largest absolute Gasteiger partial charge is 0.476 e. The summed E-state index contributed by atoms with van der Waals surface area (Å²) in [6.07, 6.45) is 0. The molecule has 0 spiro atoms. The van der Waals surface area contributed by atoms with Crippen molar-refractivity contribution in [1.82, 2.24) is 14.2 Å². The molecule has 0 aliphatic carbocycles. The lowest BCUT2D eigenvalue weighted by Gasteiger charge is -2.06. The van der Waals surface area contributed by atoms with Gasteiger partial charge in [0.05, 0.1) is 12.2 Å². The van der Waals surface area contributed by atoms with Crippen LogP contribution in [0.4, 0.5) is 4.39 Å². The van der Waals surface area contributed by atoms with Crippen LogP contribution in [0.5, 0.6) is 0 Å². The molecule has 5 nitrogen and oxygen atoms in total. The van der Waals surface area contributed by atoms with Crippen LogP contribution in [0.25, 0.3) is 11.4 Å². The van der Waals surface area contributed by atoms with Gasteiger partial charge in [-0.05, 0) is 23.7 Å². The topological polar surface area (TPSA) is 68.0 Å². The van der Waals surface area contributed by atoms with Gasteiger partial charge in [0, 0.05) is 17.0 Å². The highest BCUT2D eigenvalue weighted by atomic mass is 32.1. The van der Waals surface area contributed by atoms with Crippen molar-refractivity contribution in [2.45, 2.75) is 6.54 Å². The van der Waals surface area contributed by atoms with Gasteiger partial charge in [0.15, 0.2) is 5.69 Å². The first kappa shape index (κ1) is 13.4. The Bertz CT molecular complexity index is 783. The Labute approximate surface area is 123 Å². The molecule has 1 aromatic carbocycles. The summed E-state index contributed by atoms with van der Waals surface area (Å²) in [6, 6.07) is 9.54. The van der Waals surface area contributed by atoms with Crippen molar-refractivity contribution in [2.24, 2.45) is 0 Å². The highest BCUT2D eigenvalue weighted by Gasteiger charge is 2.16. The van der Waals surface area contributed by atoms with Gasteiger partial charge in [0.25, 0.3) is 0 Å². The molecule has 2 heterocycles. The molecule has 3 aromatic rings. The van der Waals surface area contributed by atoms with Crippen molar-refractivity contribution in [3.05, 3.63) is 58.9 Å². The quantitative estimate of drug-likeness (QED) is 0.804. The Morgan fingerprint density at radius 2 is 2.14 bits per heavy atom. The number of carbonyl (C=O) groups is 1. The number of carboxylic acid groups (broad SMARTS) is 1. The summed E-state index contributed by atoms with van der Waals surface area (Å²) in [7, 11) is 0. The predicted molar refractivity (Wildman–Crippen MR) is 75.8 cm³/mol. The minimum Gasteiger partial charge on any atom is -0.476 e. The summed E-state index contributed by atoms with van der Waals surface area (Å²) < 4.78 is 19.4. The Morgan fingerprint density at radius 3 is 2.81 bits per heavy atom. The standard InChI is InChI=1S/C14H10FN3O2S/c15-10-4-2-1-3-9(10)8-18-13(11-5-6-21-17-11)7-12(16-18)14(19)20/h1-7H,8H2,(H,19,20). The molecule has 2 aromatic heterocycles. The summed E-state index contributed by atoms with van der Waals surface area (Å²) in [5, 5.41) is 14.9. The van der Waals surface area contributed by atoms with Gasteiger partial charge in [-0.2, -0.15) is 9.47 Å². The molecule has 1 N–H and O–H groups in total. The fraction of sp³-hybridized carbons (Fsp3) is 0.0714. The number of benzene rings is 1. The van der Waals surface area contributed by atoms with E-state index < -0.39 is 5.97 Å². The summed E-state index contributed by atoms with van der Waals surface area (Å²) in [5.74, 6) is -1.48. The molecule has 0 radical (unpaired) electrons. The van der Waals surface area contributed by atoms with E-state index in [2.05, 4.69) is 9.47 Å². The van der Waals surface area contributed by atoms with E-state index in [1.807, 2.05) is 0 Å². The maximum absolute atomic E-state index is 13.7. The van der Waals surface area contributed by atoms with E-state index in [9.17, 15) is 9.18 Å². The first-order valence-corrected chi connectivity index (χ1v) is 6.94. The Balaban J connectivity index is 2.05. The molecule has 0 unspecified atom stereocenters. The Hall–Kier alpha value is -2.54. The van der Waals surface area contributed by atoms with Gasteiger partial charge in [0.2, 0.25) is 0 Å². The van der Waals surface area contributed by atoms with E-state index in [4.69, 9.17) is 5.11 Å². The Morgan fingerprint density at radius 1 is 1.33 bits per heavy atom. The van der Waals surface area contributed by atoms with E-state index in [0.29, 0.717) is 17.0 Å². The summed E-state index contributed by atoms with van der Waals surface area (Å²) in [6.45, 7) is 0.146. The fourth-order valence-corrected chi connectivity index (χ4v) is 2.50. The minimum absolute atomic E-state index is 0.0886. The van der Waals surface area contributed by atoms with Gasteiger partial charge in [-0.15, -0.1) is 0 Å². The summed E-state index contributed by atoms with van der Waals surface area (Å²) in [4.78, 5) is 11.1. The number of carboxylic acids is 1. The van der Waals surface area contributed by atoms with Crippen molar-refractivity contribution in [3.8, 4) is 11.4 Å². The average Bonchev–Trinajstić information content (AvgIpc) is 3.10. The summed E-state index contributed by atoms with van der Waals surface area (Å²) in [5.41, 5.74) is 1.52. The van der Waals surface area contributed by atoms with Crippen LogP contribution in [-0.4, -0.2) is 25.2 Å². The third-order valence-electron chi connectivity index (χ3n) is 2.98. The van der Waals surface area contributed by atoms with E-state index >= 15 is 0 Å². The third-order valence-corrected chi connectivity index (χ3v) is 3.54. The first-order valence-electron chi connectivity index (χ1n) is 6.10. The van der Waals surface area contributed by atoms with Crippen LogP contribution in [0.3, 0.4) is 0 Å². The van der Waals surface area contributed by atoms with Crippen LogP contribution >= 0.6 is 11.5 Å². The minimum atomic E-state index is -1.13. The summed E-state index contributed by atoms with van der Waals surface area (Å²) >= 11 is 1.26. The van der Waals surface area contributed by atoms with Crippen LogP contribution in [0, 0.1) is 5.82 Å². The molecule has 21 heavy (non-hydrogen) atoms. The number of rotatable bonds is 4. The van der Waals surface area contributed by atoms with Gasteiger partial charge >= 0.3 is 5.97 Å². The molecule has 7 heteroatoms. The monoisotopic (exact) mass is 303 g/mol. The van der Waals surface area contributed by atoms with Crippen LogP contribution in [0.1, 0.15) is 16.1 Å². The second kappa shape index (κ2) is 5.45. The lowest BCUT2D eigenvalue weighted by molar-refractivity contribution is 0.0689. The lowest BCUT2D eigenvalue weighted by atomic mass is 10.2. The number of hydrogen-bond donors (Lipinski definition) is 1. The van der Waals surface area contributed by atoms with E-state index in [-0.39, 0.29) is 18.1 Å². The fourth-order valence-electron chi connectivity index (χ4n) is 1.98. The van der Waals surface area contributed by atoms with Crippen LogP contribution in [-0.2, 0) is 6.54 Å². The number of halogens is 1. The zero-order valence-electron chi connectivity index (χ0n) is 10.7. The van der Waals surface area contributed by atoms with Crippen molar-refractivity contribution >= 4 is 17.5 Å². The van der Waals surface area contributed by atoms with Crippen molar-refractivity contribution in [2.75, 3.05) is 0 Å². The Kier molecular flexibility index (Phi) is 3.49. The van der Waals surface area contributed by atoms with Crippen molar-refractivity contribution < 1.29 is 14.3 Å². The normalized spacial score (nSPS) is 10.7. The van der Waals surface area contributed by atoms with E-state index in [1.54, 1.807) is 29.6 Å². The number of aromatic nitrogens is 3. The molecule has 0 aliphatic heterocycles. The molecular weight excluding hydrogens is 293 g/mol. The molecule has 0 amide bonds.